The smallest absolute Gasteiger partial charge is 0.182 e. The Morgan fingerprint density at radius 1 is 1.26 bits per heavy atom. The van der Waals surface area contributed by atoms with Crippen LogP contribution in [0.25, 0.3) is 0 Å². The van der Waals surface area contributed by atoms with Crippen LogP contribution < -0.4 is 5.32 Å². The van der Waals surface area contributed by atoms with E-state index in [1.165, 1.54) is 6.20 Å². The van der Waals surface area contributed by atoms with Crippen molar-refractivity contribution in [3.05, 3.63) is 34.2 Å². The molecule has 19 heavy (non-hydrogen) atoms. The van der Waals surface area contributed by atoms with Crippen LogP contribution in [-0.2, 0) is 0 Å². The number of aromatic nitrogens is 3. The van der Waals surface area contributed by atoms with Crippen molar-refractivity contribution in [1.82, 2.24) is 15.0 Å². The fourth-order valence-electron chi connectivity index (χ4n) is 1.57. The third kappa shape index (κ3) is 3.06. The predicted octanol–water partition coefficient (Wildman–Crippen LogP) is 3.10. The predicted molar refractivity (Wildman–Crippen MR) is 75.0 cm³/mol. The number of rotatable bonds is 4. The highest BCUT2D eigenvalue weighted by atomic mass is 32.1. The molecule has 0 fully saturated rings. The molecule has 1 N–H and O–H groups in total. The van der Waals surface area contributed by atoms with Gasteiger partial charge in [-0.1, -0.05) is 13.8 Å². The number of nitrogens with one attached hydrogen (secondary N) is 1. The molecule has 6 heteroatoms. The minimum Gasteiger partial charge on any atom is -0.360 e. The summed E-state index contributed by atoms with van der Waals surface area (Å²) in [6.07, 6.45) is 3.07. The van der Waals surface area contributed by atoms with E-state index in [1.54, 1.807) is 17.5 Å². The lowest BCUT2D eigenvalue weighted by Crippen LogP contribution is -2.10. The summed E-state index contributed by atoms with van der Waals surface area (Å²) >= 11 is 1.65. The van der Waals surface area contributed by atoms with E-state index in [1.807, 2.05) is 18.4 Å². The van der Waals surface area contributed by atoms with Crippen molar-refractivity contribution in [2.45, 2.75) is 32.7 Å². The molecule has 0 saturated heterocycles. The van der Waals surface area contributed by atoms with Gasteiger partial charge in [0.15, 0.2) is 11.5 Å². The van der Waals surface area contributed by atoms with E-state index in [0.717, 1.165) is 10.7 Å². The second kappa shape index (κ2) is 5.76. The van der Waals surface area contributed by atoms with Gasteiger partial charge in [0.2, 0.25) is 0 Å². The molecule has 0 radical (unpaired) electrons. The first-order valence-corrected chi connectivity index (χ1v) is 6.92. The lowest BCUT2D eigenvalue weighted by Gasteiger charge is -2.12. The molecule has 0 aliphatic heterocycles. The van der Waals surface area contributed by atoms with Gasteiger partial charge in [0, 0.05) is 23.7 Å². The molecule has 5 nitrogen and oxygen atoms in total. The van der Waals surface area contributed by atoms with E-state index in [-0.39, 0.29) is 6.04 Å². The zero-order valence-corrected chi connectivity index (χ0v) is 11.9. The summed E-state index contributed by atoms with van der Waals surface area (Å²) in [5.41, 5.74) is 1.26. The van der Waals surface area contributed by atoms with Gasteiger partial charge in [-0.3, -0.25) is 0 Å². The minimum atomic E-state index is -0.00690. The molecular weight excluding hydrogens is 258 g/mol. The molecule has 98 valence electrons. The van der Waals surface area contributed by atoms with Gasteiger partial charge in [-0.05, 0) is 6.92 Å². The van der Waals surface area contributed by atoms with Gasteiger partial charge in [0.25, 0.3) is 0 Å². The van der Waals surface area contributed by atoms with E-state index in [9.17, 15) is 0 Å². The van der Waals surface area contributed by atoms with Crippen LogP contribution >= 0.6 is 11.3 Å². The number of hydrogen-bond acceptors (Lipinski definition) is 6. The molecule has 0 spiro atoms. The molecule has 0 bridgehead atoms. The Kier molecular flexibility index (Phi) is 4.07. The summed E-state index contributed by atoms with van der Waals surface area (Å²) < 4.78 is 0. The maximum absolute atomic E-state index is 8.97. The number of thiazole rings is 1. The number of nitrogens with zero attached hydrogens (tertiary/aromatic N) is 4. The second-order valence-electron chi connectivity index (χ2n) is 4.50. The Hall–Kier alpha value is -2.00. The van der Waals surface area contributed by atoms with E-state index in [0.29, 0.717) is 17.4 Å². The van der Waals surface area contributed by atoms with Crippen LogP contribution in [0.2, 0.25) is 0 Å². The molecule has 1 atom stereocenters. The summed E-state index contributed by atoms with van der Waals surface area (Å²) in [4.78, 5) is 12.7. The number of hydrogen-bond donors (Lipinski definition) is 1. The first kappa shape index (κ1) is 13.4. The monoisotopic (exact) mass is 273 g/mol. The molecule has 0 saturated carbocycles. The van der Waals surface area contributed by atoms with Crippen molar-refractivity contribution in [2.75, 3.05) is 5.32 Å². The molecule has 2 rings (SSSR count). The molecule has 2 aromatic heterocycles. The van der Waals surface area contributed by atoms with Crippen LogP contribution in [0.1, 0.15) is 49.1 Å². The fraction of sp³-hybridized carbons (Fsp3) is 0.385. The largest absolute Gasteiger partial charge is 0.360 e. The third-order valence-electron chi connectivity index (χ3n) is 2.63. The molecule has 1 unspecified atom stereocenters. The zero-order chi connectivity index (χ0) is 13.8. The van der Waals surface area contributed by atoms with Gasteiger partial charge in [-0.2, -0.15) is 5.26 Å². The normalized spacial score (nSPS) is 12.2. The van der Waals surface area contributed by atoms with Gasteiger partial charge in [-0.15, -0.1) is 11.3 Å². The summed E-state index contributed by atoms with van der Waals surface area (Å²) in [5.74, 6) is 0.925. The minimum absolute atomic E-state index is 0.00690. The second-order valence-corrected chi connectivity index (χ2v) is 5.39. The van der Waals surface area contributed by atoms with E-state index < -0.39 is 0 Å². The van der Waals surface area contributed by atoms with Gasteiger partial charge < -0.3 is 5.32 Å². The van der Waals surface area contributed by atoms with Crippen LogP contribution in [0.4, 0.5) is 5.82 Å². The molecule has 0 aliphatic carbocycles. The molecule has 0 aromatic carbocycles. The summed E-state index contributed by atoms with van der Waals surface area (Å²) in [6, 6.07) is 2.02. The maximum atomic E-state index is 8.97. The Morgan fingerprint density at radius 2 is 2.00 bits per heavy atom. The number of nitriles is 1. The lowest BCUT2D eigenvalue weighted by atomic mass is 10.2. The third-order valence-corrected chi connectivity index (χ3v) is 3.80. The quantitative estimate of drug-likeness (QED) is 0.926. The van der Waals surface area contributed by atoms with Crippen LogP contribution in [0, 0.1) is 11.3 Å². The van der Waals surface area contributed by atoms with E-state index in [2.05, 4.69) is 34.1 Å². The van der Waals surface area contributed by atoms with Crippen LogP contribution in [0.15, 0.2) is 17.8 Å². The van der Waals surface area contributed by atoms with Crippen molar-refractivity contribution in [3.8, 4) is 6.07 Å². The van der Waals surface area contributed by atoms with Gasteiger partial charge in [0.05, 0.1) is 16.7 Å². The summed E-state index contributed by atoms with van der Waals surface area (Å²) in [5, 5.41) is 15.3. The summed E-state index contributed by atoms with van der Waals surface area (Å²) in [6.45, 7) is 6.24. The van der Waals surface area contributed by atoms with Crippen LogP contribution in [0.3, 0.4) is 0 Å². The van der Waals surface area contributed by atoms with Crippen molar-refractivity contribution in [2.24, 2.45) is 0 Å². The van der Waals surface area contributed by atoms with E-state index in [4.69, 9.17) is 5.26 Å². The van der Waals surface area contributed by atoms with Crippen LogP contribution in [-0.4, -0.2) is 15.0 Å². The van der Waals surface area contributed by atoms with Crippen molar-refractivity contribution >= 4 is 17.2 Å². The first-order valence-electron chi connectivity index (χ1n) is 6.04. The van der Waals surface area contributed by atoms with Gasteiger partial charge >= 0.3 is 0 Å². The van der Waals surface area contributed by atoms with Crippen molar-refractivity contribution in [3.63, 3.8) is 0 Å². The Labute approximate surface area is 116 Å². The highest BCUT2D eigenvalue weighted by Crippen LogP contribution is 2.24. The van der Waals surface area contributed by atoms with Gasteiger partial charge in [-0.25, -0.2) is 15.0 Å². The Morgan fingerprint density at radius 3 is 2.63 bits per heavy atom. The highest BCUT2D eigenvalue weighted by molar-refractivity contribution is 7.09. The van der Waals surface area contributed by atoms with E-state index >= 15 is 0 Å². The SMILES string of the molecule is CC(C)c1nc(C(C)Nc2nccnc2C#N)cs1. The topological polar surface area (TPSA) is 74.5 Å². The van der Waals surface area contributed by atoms with Crippen LogP contribution in [0.5, 0.6) is 0 Å². The Balaban J connectivity index is 2.16. The highest BCUT2D eigenvalue weighted by Gasteiger charge is 2.14. The average molecular weight is 273 g/mol. The fourth-order valence-corrected chi connectivity index (χ4v) is 2.50. The lowest BCUT2D eigenvalue weighted by molar-refractivity contribution is 0.797. The Bertz CT molecular complexity index is 599. The standard InChI is InChI=1S/C13H15N5S/c1-8(2)13-18-11(7-19-13)9(3)17-12-10(6-14)15-4-5-16-12/h4-5,7-9H,1-3H3,(H,16,17). The molecule has 0 amide bonds. The van der Waals surface area contributed by atoms with Gasteiger partial charge in [0.1, 0.15) is 6.07 Å². The average Bonchev–Trinajstić information content (AvgIpc) is 2.89. The van der Waals surface area contributed by atoms with Crippen molar-refractivity contribution in [1.29, 1.82) is 5.26 Å². The van der Waals surface area contributed by atoms with Crippen molar-refractivity contribution < 1.29 is 0 Å². The molecular formula is C13H15N5S. The first-order chi connectivity index (χ1) is 9.11. The molecule has 2 aromatic rings. The summed E-state index contributed by atoms with van der Waals surface area (Å²) in [7, 11) is 0. The molecule has 0 aliphatic rings. The maximum Gasteiger partial charge on any atom is 0.182 e. The zero-order valence-electron chi connectivity index (χ0n) is 11.1. The molecule has 2 heterocycles. The number of anilines is 1.